The summed E-state index contributed by atoms with van der Waals surface area (Å²) in [6.07, 6.45) is 1.24. The summed E-state index contributed by atoms with van der Waals surface area (Å²) < 4.78 is 13.1. The summed E-state index contributed by atoms with van der Waals surface area (Å²) in [5.41, 5.74) is 4.99. The lowest BCUT2D eigenvalue weighted by Gasteiger charge is -2.16. The zero-order valence-electron chi connectivity index (χ0n) is 12.3. The van der Waals surface area contributed by atoms with Crippen molar-refractivity contribution in [1.29, 1.82) is 0 Å². The van der Waals surface area contributed by atoms with Gasteiger partial charge in [0.15, 0.2) is 0 Å². The Morgan fingerprint density at radius 3 is 2.30 bits per heavy atom. The highest BCUT2D eigenvalue weighted by molar-refractivity contribution is 5.39. The highest BCUT2D eigenvalue weighted by Crippen LogP contribution is 2.27. The van der Waals surface area contributed by atoms with E-state index in [4.69, 9.17) is 0 Å². The molecule has 1 N–H and O–H groups in total. The predicted octanol–water partition coefficient (Wildman–Crippen LogP) is 4.34. The largest absolute Gasteiger partial charge is 0.384 e. The summed E-state index contributed by atoms with van der Waals surface area (Å²) in [5.74, 6) is -0.269. The lowest BCUT2D eigenvalue weighted by atomic mass is 9.93. The third-order valence-electron chi connectivity index (χ3n) is 3.83. The Morgan fingerprint density at radius 2 is 1.70 bits per heavy atom. The Balaban J connectivity index is 2.40. The van der Waals surface area contributed by atoms with Crippen LogP contribution in [-0.2, 0) is 12.8 Å². The van der Waals surface area contributed by atoms with Crippen LogP contribution in [-0.4, -0.2) is 5.11 Å². The Morgan fingerprint density at radius 1 is 1.00 bits per heavy atom. The fraction of sp³-hybridized carbons (Fsp3) is 0.333. The molecule has 106 valence electrons. The van der Waals surface area contributed by atoms with E-state index in [1.165, 1.54) is 23.3 Å². The summed E-state index contributed by atoms with van der Waals surface area (Å²) in [4.78, 5) is 0. The number of hydrogen-bond donors (Lipinski definition) is 1. The number of halogens is 1. The minimum absolute atomic E-state index is 0.269. The van der Waals surface area contributed by atoms with Crippen LogP contribution in [0.15, 0.2) is 36.4 Å². The maximum absolute atomic E-state index is 13.1. The standard InChI is InChI=1S/C18H21FO/c1-4-13-6-7-15(11-14(13)5-2)18(20)17-9-8-16(19)10-12(17)3/h6-11,18,20H,4-5H2,1-3H3. The number of aliphatic hydroxyl groups excluding tert-OH is 1. The smallest absolute Gasteiger partial charge is 0.123 e. The summed E-state index contributed by atoms with van der Waals surface area (Å²) in [7, 11) is 0. The Hall–Kier alpha value is -1.67. The Bertz CT molecular complexity index is 604. The van der Waals surface area contributed by atoms with Gasteiger partial charge in [0, 0.05) is 0 Å². The summed E-state index contributed by atoms with van der Waals surface area (Å²) >= 11 is 0. The normalized spacial score (nSPS) is 12.4. The molecule has 0 saturated carbocycles. The van der Waals surface area contributed by atoms with Crippen LogP contribution < -0.4 is 0 Å². The van der Waals surface area contributed by atoms with E-state index in [0.29, 0.717) is 0 Å². The quantitative estimate of drug-likeness (QED) is 0.877. The molecule has 1 nitrogen and oxygen atoms in total. The van der Waals surface area contributed by atoms with Crippen molar-refractivity contribution >= 4 is 0 Å². The molecule has 0 aliphatic rings. The second kappa shape index (κ2) is 6.19. The number of benzene rings is 2. The van der Waals surface area contributed by atoms with E-state index >= 15 is 0 Å². The molecule has 2 aromatic carbocycles. The van der Waals surface area contributed by atoms with Crippen LogP contribution in [0.2, 0.25) is 0 Å². The SMILES string of the molecule is CCc1ccc(C(O)c2ccc(F)cc2C)cc1CC. The monoisotopic (exact) mass is 272 g/mol. The van der Waals surface area contributed by atoms with Crippen LogP contribution in [0.1, 0.15) is 47.8 Å². The van der Waals surface area contributed by atoms with Gasteiger partial charge in [-0.1, -0.05) is 38.1 Å². The lowest BCUT2D eigenvalue weighted by Crippen LogP contribution is -2.04. The fourth-order valence-electron chi connectivity index (χ4n) is 2.62. The first-order valence-electron chi connectivity index (χ1n) is 7.12. The van der Waals surface area contributed by atoms with Gasteiger partial charge in [0.2, 0.25) is 0 Å². The first-order chi connectivity index (χ1) is 9.56. The van der Waals surface area contributed by atoms with E-state index in [1.54, 1.807) is 6.07 Å². The van der Waals surface area contributed by atoms with Crippen molar-refractivity contribution in [1.82, 2.24) is 0 Å². The van der Waals surface area contributed by atoms with Crippen LogP contribution in [0, 0.1) is 12.7 Å². The molecule has 0 heterocycles. The van der Waals surface area contributed by atoms with Gasteiger partial charge in [-0.3, -0.25) is 0 Å². The van der Waals surface area contributed by atoms with Crippen molar-refractivity contribution in [2.45, 2.75) is 39.7 Å². The van der Waals surface area contributed by atoms with E-state index in [2.05, 4.69) is 26.0 Å². The second-order valence-corrected chi connectivity index (χ2v) is 5.14. The number of rotatable bonds is 4. The van der Waals surface area contributed by atoms with Gasteiger partial charge in [-0.05, 0) is 59.7 Å². The van der Waals surface area contributed by atoms with E-state index < -0.39 is 6.10 Å². The molecular formula is C18H21FO. The molecule has 0 aliphatic carbocycles. The van der Waals surface area contributed by atoms with Gasteiger partial charge < -0.3 is 5.11 Å². The van der Waals surface area contributed by atoms with Gasteiger partial charge in [0.25, 0.3) is 0 Å². The molecule has 0 radical (unpaired) electrons. The number of aliphatic hydroxyl groups is 1. The molecule has 0 fully saturated rings. The average molecular weight is 272 g/mol. The molecule has 0 aliphatic heterocycles. The van der Waals surface area contributed by atoms with Gasteiger partial charge in [-0.25, -0.2) is 4.39 Å². The van der Waals surface area contributed by atoms with Gasteiger partial charge in [0.1, 0.15) is 11.9 Å². The van der Waals surface area contributed by atoms with Crippen molar-refractivity contribution < 1.29 is 9.50 Å². The van der Waals surface area contributed by atoms with Crippen molar-refractivity contribution in [3.05, 3.63) is 70.0 Å². The van der Waals surface area contributed by atoms with E-state index in [9.17, 15) is 9.50 Å². The number of aryl methyl sites for hydroxylation is 3. The molecule has 2 rings (SSSR count). The summed E-state index contributed by atoms with van der Waals surface area (Å²) in [5, 5.41) is 10.5. The Kier molecular flexibility index (Phi) is 4.56. The van der Waals surface area contributed by atoms with Crippen molar-refractivity contribution in [3.8, 4) is 0 Å². The fourth-order valence-corrected chi connectivity index (χ4v) is 2.62. The van der Waals surface area contributed by atoms with Crippen LogP contribution in [0.3, 0.4) is 0 Å². The molecule has 0 amide bonds. The van der Waals surface area contributed by atoms with E-state index in [1.807, 2.05) is 13.0 Å². The minimum Gasteiger partial charge on any atom is -0.384 e. The first kappa shape index (κ1) is 14.7. The minimum atomic E-state index is -0.702. The predicted molar refractivity (Wildman–Crippen MR) is 80.4 cm³/mol. The van der Waals surface area contributed by atoms with E-state index in [-0.39, 0.29) is 5.82 Å². The highest BCUT2D eigenvalue weighted by atomic mass is 19.1. The third kappa shape index (κ3) is 2.91. The van der Waals surface area contributed by atoms with Crippen LogP contribution >= 0.6 is 0 Å². The highest BCUT2D eigenvalue weighted by Gasteiger charge is 2.14. The van der Waals surface area contributed by atoms with Crippen molar-refractivity contribution in [2.24, 2.45) is 0 Å². The molecule has 1 unspecified atom stereocenters. The molecule has 1 atom stereocenters. The molecule has 0 saturated heterocycles. The first-order valence-corrected chi connectivity index (χ1v) is 7.12. The molecule has 0 spiro atoms. The maximum atomic E-state index is 13.1. The molecule has 0 aromatic heterocycles. The van der Waals surface area contributed by atoms with Crippen molar-refractivity contribution in [2.75, 3.05) is 0 Å². The number of hydrogen-bond acceptors (Lipinski definition) is 1. The topological polar surface area (TPSA) is 20.2 Å². The third-order valence-corrected chi connectivity index (χ3v) is 3.83. The zero-order chi connectivity index (χ0) is 14.7. The zero-order valence-corrected chi connectivity index (χ0v) is 12.3. The van der Waals surface area contributed by atoms with Gasteiger partial charge >= 0.3 is 0 Å². The average Bonchev–Trinajstić information content (AvgIpc) is 2.45. The van der Waals surface area contributed by atoms with Crippen LogP contribution in [0.4, 0.5) is 4.39 Å². The maximum Gasteiger partial charge on any atom is 0.123 e. The van der Waals surface area contributed by atoms with Crippen LogP contribution in [0.5, 0.6) is 0 Å². The van der Waals surface area contributed by atoms with Gasteiger partial charge in [-0.2, -0.15) is 0 Å². The van der Waals surface area contributed by atoms with Crippen molar-refractivity contribution in [3.63, 3.8) is 0 Å². The second-order valence-electron chi connectivity index (χ2n) is 5.14. The summed E-state index contributed by atoms with van der Waals surface area (Å²) in [6, 6.07) is 10.6. The molecular weight excluding hydrogens is 251 g/mol. The van der Waals surface area contributed by atoms with E-state index in [0.717, 1.165) is 29.5 Å². The molecule has 20 heavy (non-hydrogen) atoms. The van der Waals surface area contributed by atoms with Crippen LogP contribution in [0.25, 0.3) is 0 Å². The molecule has 2 aromatic rings. The summed E-state index contributed by atoms with van der Waals surface area (Å²) in [6.45, 7) is 6.07. The lowest BCUT2D eigenvalue weighted by molar-refractivity contribution is 0.219. The molecule has 0 bridgehead atoms. The molecule has 2 heteroatoms. The van der Waals surface area contributed by atoms with Gasteiger partial charge in [-0.15, -0.1) is 0 Å². The van der Waals surface area contributed by atoms with Gasteiger partial charge in [0.05, 0.1) is 0 Å². The Labute approximate surface area is 120 Å².